The van der Waals surface area contributed by atoms with Gasteiger partial charge < -0.3 is 14.4 Å². The van der Waals surface area contributed by atoms with Crippen molar-refractivity contribution in [2.45, 2.75) is 51.9 Å². The summed E-state index contributed by atoms with van der Waals surface area (Å²) in [5.74, 6) is -2.81. The summed E-state index contributed by atoms with van der Waals surface area (Å²) in [6.07, 6.45) is 9.29. The summed E-state index contributed by atoms with van der Waals surface area (Å²) in [6, 6.07) is 14.3. The van der Waals surface area contributed by atoms with Gasteiger partial charge in [-0.25, -0.2) is 18.2 Å². The maximum Gasteiger partial charge on any atom is 0.276 e. The van der Waals surface area contributed by atoms with Gasteiger partial charge in [0, 0.05) is 48.4 Å². The van der Waals surface area contributed by atoms with Crippen LogP contribution in [0.3, 0.4) is 0 Å². The van der Waals surface area contributed by atoms with E-state index in [-0.39, 0.29) is 17.0 Å². The SMILES string of the molecule is CCCCCCCCCN(C(=O)c1cnc2c(-c3cc(F)cc(F)c3F)cccc2c1N1CCOCC1)N1CCOc2ccccc21. The second-order valence-electron chi connectivity index (χ2n) is 12.1. The minimum atomic E-state index is -1.27. The number of hydrazine groups is 1. The zero-order valence-electron chi connectivity index (χ0n) is 26.8. The number of ether oxygens (including phenoxy) is 2. The number of pyridine rings is 1. The molecule has 0 saturated carbocycles. The number of nitrogens with zero attached hydrogens (tertiary/aromatic N) is 4. The molecule has 0 spiro atoms. The van der Waals surface area contributed by atoms with Crippen molar-refractivity contribution < 1.29 is 27.4 Å². The minimum Gasteiger partial charge on any atom is -0.489 e. The van der Waals surface area contributed by atoms with Crippen molar-refractivity contribution in [2.24, 2.45) is 0 Å². The fourth-order valence-electron chi connectivity index (χ4n) is 6.56. The second-order valence-corrected chi connectivity index (χ2v) is 12.1. The molecule has 248 valence electrons. The molecule has 6 rings (SSSR count). The van der Waals surface area contributed by atoms with Crippen LogP contribution in [0.2, 0.25) is 0 Å². The fourth-order valence-corrected chi connectivity index (χ4v) is 6.56. The molecular weight excluding hydrogens is 605 g/mol. The summed E-state index contributed by atoms with van der Waals surface area (Å²) in [7, 11) is 0. The Labute approximate surface area is 273 Å². The number of hydrogen-bond donors (Lipinski definition) is 0. The summed E-state index contributed by atoms with van der Waals surface area (Å²) >= 11 is 0. The highest BCUT2D eigenvalue weighted by atomic mass is 19.2. The van der Waals surface area contributed by atoms with E-state index in [1.165, 1.54) is 31.9 Å². The topological polar surface area (TPSA) is 58.1 Å². The molecule has 7 nitrogen and oxygen atoms in total. The number of para-hydroxylation sites is 3. The summed E-state index contributed by atoms with van der Waals surface area (Å²) in [4.78, 5) is 21.6. The Hall–Kier alpha value is -4.31. The van der Waals surface area contributed by atoms with Gasteiger partial charge in [-0.2, -0.15) is 0 Å². The number of halogens is 3. The van der Waals surface area contributed by atoms with Gasteiger partial charge >= 0.3 is 0 Å². The van der Waals surface area contributed by atoms with E-state index < -0.39 is 17.5 Å². The molecule has 47 heavy (non-hydrogen) atoms. The third-order valence-electron chi connectivity index (χ3n) is 8.91. The molecule has 1 fully saturated rings. The van der Waals surface area contributed by atoms with Crippen LogP contribution in [-0.4, -0.2) is 61.9 Å². The predicted molar refractivity (Wildman–Crippen MR) is 178 cm³/mol. The second kappa shape index (κ2) is 15.1. The molecular formula is C37H41F3N4O3. The number of aromatic nitrogens is 1. The molecule has 0 unspecified atom stereocenters. The van der Waals surface area contributed by atoms with Crippen molar-refractivity contribution in [1.29, 1.82) is 0 Å². The number of rotatable bonds is 12. The normalized spacial score (nSPS) is 14.6. The Morgan fingerprint density at radius 1 is 0.872 bits per heavy atom. The van der Waals surface area contributed by atoms with Crippen molar-refractivity contribution in [3.05, 3.63) is 83.8 Å². The molecule has 0 N–H and O–H groups in total. The molecule has 1 saturated heterocycles. The maximum atomic E-state index is 15.1. The third kappa shape index (κ3) is 7.02. The molecule has 1 amide bonds. The number of morpholine rings is 1. The lowest BCUT2D eigenvalue weighted by Gasteiger charge is -2.40. The molecule has 3 heterocycles. The van der Waals surface area contributed by atoms with Crippen LogP contribution in [0.1, 0.15) is 62.2 Å². The van der Waals surface area contributed by atoms with E-state index in [0.29, 0.717) is 74.2 Å². The zero-order chi connectivity index (χ0) is 32.8. The Morgan fingerprint density at radius 3 is 2.45 bits per heavy atom. The van der Waals surface area contributed by atoms with E-state index in [4.69, 9.17) is 9.47 Å². The number of hydrogen-bond acceptors (Lipinski definition) is 6. The molecule has 0 atom stereocenters. The molecule has 0 bridgehead atoms. The van der Waals surface area contributed by atoms with Crippen LogP contribution in [0, 0.1) is 17.5 Å². The van der Waals surface area contributed by atoms with Gasteiger partial charge in [-0.3, -0.25) is 14.8 Å². The van der Waals surface area contributed by atoms with E-state index >= 15 is 4.39 Å². The van der Waals surface area contributed by atoms with Crippen LogP contribution in [0.15, 0.2) is 60.8 Å². The van der Waals surface area contributed by atoms with Gasteiger partial charge in [0.25, 0.3) is 5.91 Å². The Bertz CT molecular complexity index is 1710. The average Bonchev–Trinajstić information content (AvgIpc) is 3.10. The van der Waals surface area contributed by atoms with Crippen LogP contribution in [0.25, 0.3) is 22.0 Å². The van der Waals surface area contributed by atoms with Crippen LogP contribution in [0.4, 0.5) is 24.5 Å². The van der Waals surface area contributed by atoms with Crippen molar-refractivity contribution in [3.63, 3.8) is 0 Å². The smallest absolute Gasteiger partial charge is 0.276 e. The number of anilines is 2. The zero-order valence-corrected chi connectivity index (χ0v) is 26.8. The van der Waals surface area contributed by atoms with E-state index in [9.17, 15) is 13.6 Å². The van der Waals surface area contributed by atoms with Crippen LogP contribution in [-0.2, 0) is 4.74 Å². The van der Waals surface area contributed by atoms with Crippen LogP contribution in [0.5, 0.6) is 5.75 Å². The highest BCUT2D eigenvalue weighted by Crippen LogP contribution is 2.39. The van der Waals surface area contributed by atoms with Crippen molar-refractivity contribution in [2.75, 3.05) is 55.9 Å². The first-order valence-electron chi connectivity index (χ1n) is 16.7. The first-order valence-corrected chi connectivity index (χ1v) is 16.7. The molecule has 0 aliphatic carbocycles. The average molecular weight is 647 g/mol. The maximum absolute atomic E-state index is 15.1. The monoisotopic (exact) mass is 646 g/mol. The molecule has 0 radical (unpaired) electrons. The van der Waals surface area contributed by atoms with Crippen LogP contribution >= 0.6 is 0 Å². The highest BCUT2D eigenvalue weighted by Gasteiger charge is 2.32. The lowest BCUT2D eigenvalue weighted by molar-refractivity contribution is 0.0713. The first-order chi connectivity index (χ1) is 23.0. The fraction of sp³-hybridized carbons (Fsp3) is 0.405. The van der Waals surface area contributed by atoms with Gasteiger partial charge in [0.05, 0.1) is 42.2 Å². The lowest BCUT2D eigenvalue weighted by Crippen LogP contribution is -2.51. The number of carbonyl (C=O) groups excluding carboxylic acids is 1. The van der Waals surface area contributed by atoms with Gasteiger partial charge in [-0.05, 0) is 24.6 Å². The summed E-state index contributed by atoms with van der Waals surface area (Å²) < 4.78 is 55.2. The molecule has 10 heteroatoms. The summed E-state index contributed by atoms with van der Waals surface area (Å²) in [5, 5.41) is 4.41. The molecule has 3 aromatic carbocycles. The number of benzene rings is 3. The van der Waals surface area contributed by atoms with Gasteiger partial charge in [-0.1, -0.05) is 75.8 Å². The molecule has 2 aliphatic rings. The standard InChI is InChI=1S/C37H41F3N4O3/c1-2-3-4-5-6-7-10-16-44(43-19-22-47-33-15-9-8-14-32(33)43)37(45)30-25-41-35-27(29-23-26(38)24-31(39)34(29)40)12-11-13-28(35)36(30)42-17-20-46-21-18-42/h8-9,11-15,23-25H,2-7,10,16-22H2,1H3. The number of carbonyl (C=O) groups is 1. The van der Waals surface area contributed by atoms with Gasteiger partial charge in [0.2, 0.25) is 0 Å². The van der Waals surface area contributed by atoms with E-state index in [1.54, 1.807) is 12.1 Å². The minimum absolute atomic E-state index is 0.211. The van der Waals surface area contributed by atoms with E-state index in [2.05, 4.69) is 16.8 Å². The van der Waals surface area contributed by atoms with Crippen molar-refractivity contribution >= 4 is 28.2 Å². The van der Waals surface area contributed by atoms with Crippen molar-refractivity contribution in [1.82, 2.24) is 9.99 Å². The van der Waals surface area contributed by atoms with Crippen LogP contribution < -0.4 is 14.6 Å². The Balaban J connectivity index is 1.43. The summed E-state index contributed by atoms with van der Waals surface area (Å²) in [5.41, 5.74) is 2.24. The summed E-state index contributed by atoms with van der Waals surface area (Å²) in [6.45, 7) is 5.66. The van der Waals surface area contributed by atoms with Crippen molar-refractivity contribution in [3.8, 4) is 16.9 Å². The largest absolute Gasteiger partial charge is 0.489 e. The molecule has 2 aliphatic heterocycles. The van der Waals surface area contributed by atoms with Gasteiger partial charge in [0.15, 0.2) is 11.6 Å². The number of amides is 1. The van der Waals surface area contributed by atoms with Gasteiger partial charge in [0.1, 0.15) is 18.2 Å². The van der Waals surface area contributed by atoms with E-state index in [1.807, 2.05) is 40.3 Å². The molecule has 4 aromatic rings. The quantitative estimate of drug-likeness (QED) is 0.114. The predicted octanol–water partition coefficient (Wildman–Crippen LogP) is 8.16. The Morgan fingerprint density at radius 2 is 1.64 bits per heavy atom. The first kappa shape index (κ1) is 32.6. The van der Waals surface area contributed by atoms with Gasteiger partial charge in [-0.15, -0.1) is 0 Å². The number of fused-ring (bicyclic) bond motifs is 2. The Kier molecular flexibility index (Phi) is 10.5. The number of unbranched alkanes of at least 4 members (excludes halogenated alkanes) is 6. The lowest BCUT2D eigenvalue weighted by atomic mass is 9.98. The third-order valence-corrected chi connectivity index (χ3v) is 8.91. The highest BCUT2D eigenvalue weighted by molar-refractivity contribution is 6.10. The molecule has 1 aromatic heterocycles. The van der Waals surface area contributed by atoms with E-state index in [0.717, 1.165) is 36.8 Å².